The molecule has 0 spiro atoms. The minimum atomic E-state index is -4.40. The van der Waals surface area contributed by atoms with Gasteiger partial charge >= 0.3 is 12.1 Å². The molecule has 0 aromatic carbocycles. The van der Waals surface area contributed by atoms with E-state index in [1.54, 1.807) is 13.8 Å². The van der Waals surface area contributed by atoms with Crippen molar-refractivity contribution < 1.29 is 22.7 Å². The minimum absolute atomic E-state index is 0.0302. The Kier molecular flexibility index (Phi) is 3.42. The molecule has 0 radical (unpaired) electrons. The van der Waals surface area contributed by atoms with Gasteiger partial charge in [0.1, 0.15) is 11.4 Å². The van der Waals surface area contributed by atoms with Gasteiger partial charge in [0.2, 0.25) is 0 Å². The van der Waals surface area contributed by atoms with E-state index in [0.717, 1.165) is 10.9 Å². The number of fused-ring (bicyclic) bond motifs is 1. The number of carbonyl (C=O) groups excluding carboxylic acids is 1. The fourth-order valence-electron chi connectivity index (χ4n) is 2.10. The second-order valence-corrected chi connectivity index (χ2v) is 4.41. The maximum absolute atomic E-state index is 12.9. The van der Waals surface area contributed by atoms with Crippen molar-refractivity contribution in [1.82, 2.24) is 9.78 Å². The molecule has 106 valence electrons. The van der Waals surface area contributed by atoms with Gasteiger partial charge in [-0.15, -0.1) is 0 Å². The number of halogens is 3. The summed E-state index contributed by atoms with van der Waals surface area (Å²) in [6.07, 6.45) is -3.42. The van der Waals surface area contributed by atoms with Crippen LogP contribution >= 0.6 is 0 Å². The molecule has 1 aromatic rings. The van der Waals surface area contributed by atoms with Gasteiger partial charge in [-0.3, -0.25) is 0 Å². The van der Waals surface area contributed by atoms with Crippen LogP contribution in [-0.4, -0.2) is 34.6 Å². The van der Waals surface area contributed by atoms with Gasteiger partial charge in [-0.25, -0.2) is 9.48 Å². The van der Waals surface area contributed by atoms with E-state index in [-0.39, 0.29) is 24.4 Å². The van der Waals surface area contributed by atoms with Crippen molar-refractivity contribution in [1.29, 1.82) is 0 Å². The van der Waals surface area contributed by atoms with Crippen LogP contribution in [0.5, 0.6) is 0 Å². The second-order valence-electron chi connectivity index (χ2n) is 4.41. The highest BCUT2D eigenvalue weighted by molar-refractivity contribution is 5.94. The van der Waals surface area contributed by atoms with Crippen LogP contribution < -0.4 is 5.32 Å². The Morgan fingerprint density at radius 1 is 1.63 bits per heavy atom. The van der Waals surface area contributed by atoms with Crippen molar-refractivity contribution in [3.8, 4) is 0 Å². The molecule has 8 heteroatoms. The van der Waals surface area contributed by atoms with Gasteiger partial charge in [-0.05, 0) is 20.3 Å². The van der Waals surface area contributed by atoms with E-state index in [9.17, 15) is 18.0 Å². The Morgan fingerprint density at radius 3 is 2.89 bits per heavy atom. The Balaban J connectivity index is 2.40. The van der Waals surface area contributed by atoms with Gasteiger partial charge in [0, 0.05) is 6.04 Å². The zero-order chi connectivity index (χ0) is 14.2. The summed E-state index contributed by atoms with van der Waals surface area (Å²) in [7, 11) is 0. The lowest BCUT2D eigenvalue weighted by Gasteiger charge is -2.31. The van der Waals surface area contributed by atoms with Crippen LogP contribution in [0.2, 0.25) is 0 Å². The van der Waals surface area contributed by atoms with Crippen molar-refractivity contribution in [2.24, 2.45) is 0 Å². The fourth-order valence-corrected chi connectivity index (χ4v) is 2.10. The lowest BCUT2D eigenvalue weighted by atomic mass is 10.1. The molecule has 2 rings (SSSR count). The first-order valence-electron chi connectivity index (χ1n) is 5.92. The molecule has 0 bridgehead atoms. The number of hydrogen-bond donors (Lipinski definition) is 1. The quantitative estimate of drug-likeness (QED) is 0.843. The highest BCUT2D eigenvalue weighted by Crippen LogP contribution is 2.40. The second kappa shape index (κ2) is 4.75. The van der Waals surface area contributed by atoms with Crippen molar-refractivity contribution in [3.05, 3.63) is 11.8 Å². The number of nitrogens with zero attached hydrogens (tertiary/aromatic N) is 2. The SMILES string of the molecule is CCOC(=O)c1cnn2c1N[C@@H](C)C[C@@H]2C(F)(F)F. The van der Waals surface area contributed by atoms with Crippen LogP contribution in [0.4, 0.5) is 19.0 Å². The largest absolute Gasteiger partial charge is 0.462 e. The molecule has 1 aliphatic heterocycles. The number of rotatable bonds is 2. The summed E-state index contributed by atoms with van der Waals surface area (Å²) in [5, 5.41) is 6.53. The molecule has 0 amide bonds. The summed E-state index contributed by atoms with van der Waals surface area (Å²) in [4.78, 5) is 11.6. The van der Waals surface area contributed by atoms with Crippen molar-refractivity contribution in [3.63, 3.8) is 0 Å². The number of nitrogens with one attached hydrogen (secondary N) is 1. The summed E-state index contributed by atoms with van der Waals surface area (Å²) >= 11 is 0. The maximum atomic E-state index is 12.9. The summed E-state index contributed by atoms with van der Waals surface area (Å²) < 4.78 is 44.4. The predicted octanol–water partition coefficient (Wildman–Crippen LogP) is 2.37. The lowest BCUT2D eigenvalue weighted by Crippen LogP contribution is -2.38. The van der Waals surface area contributed by atoms with Gasteiger partial charge < -0.3 is 10.1 Å². The number of aromatic nitrogens is 2. The molecule has 5 nitrogen and oxygen atoms in total. The van der Waals surface area contributed by atoms with Gasteiger partial charge in [-0.2, -0.15) is 18.3 Å². The molecule has 1 aromatic heterocycles. The topological polar surface area (TPSA) is 56.1 Å². The van der Waals surface area contributed by atoms with Crippen LogP contribution in [0.15, 0.2) is 6.20 Å². The van der Waals surface area contributed by atoms with E-state index in [1.165, 1.54) is 0 Å². The molecule has 0 fully saturated rings. The third-order valence-corrected chi connectivity index (χ3v) is 2.92. The van der Waals surface area contributed by atoms with Crippen LogP contribution in [0.25, 0.3) is 0 Å². The molecule has 0 saturated heterocycles. The number of alkyl halides is 3. The average molecular weight is 277 g/mol. The van der Waals surface area contributed by atoms with Crippen LogP contribution in [-0.2, 0) is 4.74 Å². The zero-order valence-electron chi connectivity index (χ0n) is 10.5. The molecule has 0 aliphatic carbocycles. The first-order chi connectivity index (χ1) is 8.84. The first-order valence-corrected chi connectivity index (χ1v) is 5.92. The van der Waals surface area contributed by atoms with E-state index >= 15 is 0 Å². The standard InChI is InChI=1S/C11H14F3N3O2/c1-3-19-10(18)7-5-15-17-8(11(12,13)14)4-6(2)16-9(7)17/h5-6,8,16H,3-4H2,1-2H3/t6-,8+/m0/s1. The molecule has 1 N–H and O–H groups in total. The van der Waals surface area contributed by atoms with E-state index in [2.05, 4.69) is 10.4 Å². The summed E-state index contributed by atoms with van der Waals surface area (Å²) in [5.41, 5.74) is 0.0302. The van der Waals surface area contributed by atoms with Gasteiger partial charge in [0.05, 0.1) is 12.8 Å². The molecule has 0 saturated carbocycles. The van der Waals surface area contributed by atoms with Gasteiger partial charge in [0.25, 0.3) is 0 Å². The van der Waals surface area contributed by atoms with Gasteiger partial charge in [-0.1, -0.05) is 0 Å². The monoisotopic (exact) mass is 277 g/mol. The third-order valence-electron chi connectivity index (χ3n) is 2.92. The van der Waals surface area contributed by atoms with Gasteiger partial charge in [0.15, 0.2) is 6.04 Å². The highest BCUT2D eigenvalue weighted by atomic mass is 19.4. The fraction of sp³-hybridized carbons (Fsp3) is 0.636. The number of carbonyl (C=O) groups is 1. The van der Waals surface area contributed by atoms with Crippen LogP contribution in [0.3, 0.4) is 0 Å². The summed E-state index contributed by atoms with van der Waals surface area (Å²) in [6.45, 7) is 3.41. The summed E-state index contributed by atoms with van der Waals surface area (Å²) in [5.74, 6) is -0.606. The van der Waals surface area contributed by atoms with Crippen molar-refractivity contribution in [2.45, 2.75) is 38.5 Å². The molecule has 1 aliphatic rings. The molecular weight excluding hydrogens is 263 g/mol. The highest BCUT2D eigenvalue weighted by Gasteiger charge is 2.46. The molecule has 19 heavy (non-hydrogen) atoms. The zero-order valence-corrected chi connectivity index (χ0v) is 10.5. The lowest BCUT2D eigenvalue weighted by molar-refractivity contribution is -0.173. The summed E-state index contributed by atoms with van der Waals surface area (Å²) in [6, 6.07) is -2.12. The van der Waals surface area contributed by atoms with Crippen LogP contribution in [0, 0.1) is 0 Å². The molecule has 2 atom stereocenters. The molecule has 0 unspecified atom stereocenters. The Morgan fingerprint density at radius 2 is 2.32 bits per heavy atom. The first kappa shape index (κ1) is 13.7. The van der Waals surface area contributed by atoms with Crippen molar-refractivity contribution >= 4 is 11.8 Å². The average Bonchev–Trinajstić information content (AvgIpc) is 2.70. The van der Waals surface area contributed by atoms with E-state index < -0.39 is 24.2 Å². The Labute approximate surface area is 107 Å². The predicted molar refractivity (Wildman–Crippen MR) is 61.0 cm³/mol. The molecular formula is C11H14F3N3O2. The minimum Gasteiger partial charge on any atom is -0.462 e. The van der Waals surface area contributed by atoms with E-state index in [0.29, 0.717) is 0 Å². The maximum Gasteiger partial charge on any atom is 0.410 e. The number of anilines is 1. The van der Waals surface area contributed by atoms with Crippen LogP contribution in [0.1, 0.15) is 36.7 Å². The van der Waals surface area contributed by atoms with E-state index in [1.807, 2.05) is 0 Å². The number of hydrogen-bond acceptors (Lipinski definition) is 4. The van der Waals surface area contributed by atoms with Crippen molar-refractivity contribution in [2.75, 3.05) is 11.9 Å². The Bertz CT molecular complexity index is 484. The number of ether oxygens (including phenoxy) is 1. The third kappa shape index (κ3) is 2.52. The normalized spacial score (nSPS) is 22.6. The number of esters is 1. The smallest absolute Gasteiger partial charge is 0.410 e. The van der Waals surface area contributed by atoms with E-state index in [4.69, 9.17) is 4.74 Å². The Hall–Kier alpha value is -1.73. The molecule has 2 heterocycles.